The second-order valence-corrected chi connectivity index (χ2v) is 5.39. The maximum Gasteiger partial charge on any atom is 0.170 e. The Morgan fingerprint density at radius 3 is 2.90 bits per heavy atom. The summed E-state index contributed by atoms with van der Waals surface area (Å²) < 4.78 is 11.4. The van der Waals surface area contributed by atoms with E-state index in [-0.39, 0.29) is 0 Å². The van der Waals surface area contributed by atoms with Gasteiger partial charge >= 0.3 is 0 Å². The summed E-state index contributed by atoms with van der Waals surface area (Å²) >= 11 is 0. The molecule has 0 bridgehead atoms. The fraction of sp³-hybridized carbons (Fsp3) is 0.400. The van der Waals surface area contributed by atoms with Crippen molar-refractivity contribution in [3.63, 3.8) is 0 Å². The van der Waals surface area contributed by atoms with E-state index in [0.717, 1.165) is 34.7 Å². The molecule has 0 amide bonds. The van der Waals surface area contributed by atoms with Gasteiger partial charge in [0.25, 0.3) is 0 Å². The third-order valence-corrected chi connectivity index (χ3v) is 3.35. The average Bonchev–Trinajstić information content (AvgIpc) is 2.79. The maximum atomic E-state index is 5.99. The highest BCUT2D eigenvalue weighted by atomic mass is 16.6. The van der Waals surface area contributed by atoms with Gasteiger partial charge in [0.2, 0.25) is 0 Å². The summed E-state index contributed by atoms with van der Waals surface area (Å²) in [5.74, 6) is 2.61. The summed E-state index contributed by atoms with van der Waals surface area (Å²) in [5, 5.41) is 7.19. The molecule has 1 aromatic heterocycles. The zero-order chi connectivity index (χ0) is 14.1. The highest BCUT2D eigenvalue weighted by Gasteiger charge is 2.21. The summed E-state index contributed by atoms with van der Waals surface area (Å²) in [5.41, 5.74) is 8.92. The van der Waals surface area contributed by atoms with Gasteiger partial charge in [-0.25, -0.2) is 0 Å². The predicted molar refractivity (Wildman–Crippen MR) is 78.0 cm³/mol. The van der Waals surface area contributed by atoms with Crippen LogP contribution in [0.2, 0.25) is 0 Å². The first-order valence-electron chi connectivity index (χ1n) is 6.88. The molecule has 0 aliphatic carbocycles. The van der Waals surface area contributed by atoms with Crippen molar-refractivity contribution in [2.24, 2.45) is 5.92 Å². The number of nitrogens with one attached hydrogen (secondary N) is 1. The lowest BCUT2D eigenvalue weighted by molar-refractivity contribution is 0.172. The average molecular weight is 273 g/mol. The molecule has 1 aliphatic rings. The van der Waals surface area contributed by atoms with Crippen LogP contribution in [0.25, 0.3) is 11.3 Å². The fourth-order valence-corrected chi connectivity index (χ4v) is 2.49. The van der Waals surface area contributed by atoms with Crippen LogP contribution in [0.3, 0.4) is 0 Å². The summed E-state index contributed by atoms with van der Waals surface area (Å²) in [4.78, 5) is 0. The largest absolute Gasteiger partial charge is 0.486 e. The van der Waals surface area contributed by atoms with Crippen LogP contribution in [0.4, 0.5) is 5.82 Å². The Morgan fingerprint density at radius 1 is 1.30 bits per heavy atom. The van der Waals surface area contributed by atoms with Gasteiger partial charge in [0.05, 0.1) is 5.69 Å². The van der Waals surface area contributed by atoms with Crippen molar-refractivity contribution in [3.05, 3.63) is 23.8 Å². The van der Waals surface area contributed by atoms with Crippen LogP contribution in [0.5, 0.6) is 11.5 Å². The molecule has 0 saturated heterocycles. The van der Waals surface area contributed by atoms with Gasteiger partial charge in [-0.15, -0.1) is 0 Å². The van der Waals surface area contributed by atoms with Crippen molar-refractivity contribution in [1.82, 2.24) is 10.2 Å². The minimum atomic E-state index is 0.505. The SMILES string of the molecule is CC(C)Cc1c(N)n[nH]c1-c1cccc2c1OCCO2. The molecule has 5 heteroatoms. The number of fused-ring (bicyclic) bond motifs is 1. The number of nitrogens with two attached hydrogens (primary N) is 1. The first-order valence-corrected chi connectivity index (χ1v) is 6.88. The Kier molecular flexibility index (Phi) is 3.26. The third kappa shape index (κ3) is 2.19. The molecule has 3 rings (SSSR count). The van der Waals surface area contributed by atoms with Crippen LogP contribution in [0.15, 0.2) is 18.2 Å². The summed E-state index contributed by atoms with van der Waals surface area (Å²) in [6, 6.07) is 5.88. The summed E-state index contributed by atoms with van der Waals surface area (Å²) in [7, 11) is 0. The van der Waals surface area contributed by atoms with Crippen LogP contribution < -0.4 is 15.2 Å². The zero-order valence-electron chi connectivity index (χ0n) is 11.8. The number of anilines is 1. The van der Waals surface area contributed by atoms with Gasteiger partial charge < -0.3 is 15.2 Å². The zero-order valence-corrected chi connectivity index (χ0v) is 11.8. The van der Waals surface area contributed by atoms with Crippen molar-refractivity contribution < 1.29 is 9.47 Å². The number of nitrogen functional groups attached to an aromatic ring is 1. The Labute approximate surface area is 118 Å². The molecule has 0 unspecified atom stereocenters. The normalized spacial score (nSPS) is 13.8. The molecular weight excluding hydrogens is 254 g/mol. The molecule has 1 aromatic carbocycles. The summed E-state index contributed by atoms with van der Waals surface area (Å²) in [6.07, 6.45) is 0.877. The van der Waals surface area contributed by atoms with Crippen molar-refractivity contribution in [2.45, 2.75) is 20.3 Å². The molecule has 2 heterocycles. The number of aromatic amines is 1. The van der Waals surface area contributed by atoms with E-state index in [9.17, 15) is 0 Å². The molecule has 2 aromatic rings. The fourth-order valence-electron chi connectivity index (χ4n) is 2.49. The molecule has 0 atom stereocenters. The van der Waals surface area contributed by atoms with Crippen molar-refractivity contribution in [3.8, 4) is 22.8 Å². The first-order chi connectivity index (χ1) is 9.66. The highest BCUT2D eigenvalue weighted by molar-refractivity contribution is 5.76. The van der Waals surface area contributed by atoms with Crippen LogP contribution in [-0.4, -0.2) is 23.4 Å². The molecule has 106 valence electrons. The first kappa shape index (κ1) is 12.8. The van der Waals surface area contributed by atoms with Crippen LogP contribution >= 0.6 is 0 Å². The van der Waals surface area contributed by atoms with Crippen LogP contribution in [0.1, 0.15) is 19.4 Å². The Morgan fingerprint density at radius 2 is 2.10 bits per heavy atom. The van der Waals surface area contributed by atoms with E-state index in [0.29, 0.717) is 24.9 Å². The molecule has 0 spiro atoms. The quantitative estimate of drug-likeness (QED) is 0.901. The molecular formula is C15H19N3O2. The monoisotopic (exact) mass is 273 g/mol. The molecule has 0 saturated carbocycles. The van der Waals surface area contributed by atoms with E-state index in [1.807, 2.05) is 18.2 Å². The summed E-state index contributed by atoms with van der Waals surface area (Å²) in [6.45, 7) is 5.47. The molecule has 3 N–H and O–H groups in total. The van der Waals surface area contributed by atoms with Crippen molar-refractivity contribution >= 4 is 5.82 Å². The number of ether oxygens (including phenoxy) is 2. The van der Waals surface area contributed by atoms with Gasteiger partial charge in [0.1, 0.15) is 19.0 Å². The molecule has 0 radical (unpaired) electrons. The number of aromatic nitrogens is 2. The van der Waals surface area contributed by atoms with Crippen molar-refractivity contribution in [2.75, 3.05) is 18.9 Å². The smallest absolute Gasteiger partial charge is 0.170 e. The number of rotatable bonds is 3. The lowest BCUT2D eigenvalue weighted by atomic mass is 9.98. The Hall–Kier alpha value is -2.17. The third-order valence-electron chi connectivity index (χ3n) is 3.35. The number of para-hydroxylation sites is 1. The van der Waals surface area contributed by atoms with Crippen LogP contribution in [-0.2, 0) is 6.42 Å². The Bertz CT molecular complexity index is 620. The topological polar surface area (TPSA) is 73.2 Å². The second kappa shape index (κ2) is 5.07. The number of H-pyrrole nitrogens is 1. The van der Waals surface area contributed by atoms with Gasteiger partial charge in [-0.3, -0.25) is 5.10 Å². The van der Waals surface area contributed by atoms with E-state index < -0.39 is 0 Å². The lowest BCUT2D eigenvalue weighted by Crippen LogP contribution is -2.16. The Balaban J connectivity index is 2.10. The minimum Gasteiger partial charge on any atom is -0.486 e. The van der Waals surface area contributed by atoms with Gasteiger partial charge in [-0.1, -0.05) is 19.9 Å². The van der Waals surface area contributed by atoms with Gasteiger partial charge in [-0.2, -0.15) is 5.10 Å². The van der Waals surface area contributed by atoms with Crippen LogP contribution in [0, 0.1) is 5.92 Å². The van der Waals surface area contributed by atoms with E-state index in [1.54, 1.807) is 0 Å². The van der Waals surface area contributed by atoms with E-state index in [2.05, 4.69) is 24.0 Å². The van der Waals surface area contributed by atoms with Gasteiger partial charge in [0.15, 0.2) is 11.5 Å². The molecule has 1 aliphatic heterocycles. The maximum absolute atomic E-state index is 5.99. The minimum absolute atomic E-state index is 0.505. The molecule has 20 heavy (non-hydrogen) atoms. The van der Waals surface area contributed by atoms with Crippen molar-refractivity contribution in [1.29, 1.82) is 0 Å². The number of hydrogen-bond acceptors (Lipinski definition) is 4. The lowest BCUT2D eigenvalue weighted by Gasteiger charge is -2.21. The number of benzene rings is 1. The van der Waals surface area contributed by atoms with E-state index in [1.165, 1.54) is 0 Å². The van der Waals surface area contributed by atoms with Gasteiger partial charge in [-0.05, 0) is 24.5 Å². The highest BCUT2D eigenvalue weighted by Crippen LogP contribution is 2.41. The second-order valence-electron chi connectivity index (χ2n) is 5.39. The number of hydrogen-bond donors (Lipinski definition) is 2. The standard InChI is InChI=1S/C15H19N3O2/c1-9(2)8-11-13(17-18-15(11)16)10-4-3-5-12-14(10)20-7-6-19-12/h3-5,9H,6-8H2,1-2H3,(H3,16,17,18). The van der Waals surface area contributed by atoms with E-state index >= 15 is 0 Å². The number of nitrogens with zero attached hydrogens (tertiary/aromatic N) is 1. The molecule has 0 fully saturated rings. The predicted octanol–water partition coefficient (Wildman–Crippen LogP) is 2.63. The van der Waals surface area contributed by atoms with E-state index in [4.69, 9.17) is 15.2 Å². The molecule has 5 nitrogen and oxygen atoms in total. The van der Waals surface area contributed by atoms with Gasteiger partial charge in [0, 0.05) is 11.1 Å².